The fraction of sp³-hybridized carbons (Fsp3) is 0.333. The molecule has 136 valence electrons. The van der Waals surface area contributed by atoms with Gasteiger partial charge in [-0.1, -0.05) is 33.7 Å². The normalized spacial score (nSPS) is 13.0. The van der Waals surface area contributed by atoms with Gasteiger partial charge in [0.05, 0.1) is 11.5 Å². The monoisotopic (exact) mass is 387 g/mol. The lowest BCUT2D eigenvalue weighted by atomic mass is 9.99. The minimum Gasteiger partial charge on any atom is -0.481 e. The van der Waals surface area contributed by atoms with Crippen molar-refractivity contribution in [1.29, 1.82) is 0 Å². The Kier molecular flexibility index (Phi) is 8.46. The number of nitrogens with two attached hydrogens (primary N) is 1. The molecule has 0 aliphatic carbocycles. The van der Waals surface area contributed by atoms with Gasteiger partial charge in [-0.3, -0.25) is 14.4 Å². The smallest absolute Gasteiger partial charge is 0.335 e. The Labute approximate surface area is 151 Å². The van der Waals surface area contributed by atoms with Crippen molar-refractivity contribution in [3.63, 3.8) is 0 Å². The third kappa shape index (κ3) is 7.16. The van der Waals surface area contributed by atoms with Gasteiger partial charge in [-0.05, 0) is 12.1 Å². The summed E-state index contributed by atoms with van der Waals surface area (Å²) in [5, 5.41) is 26.7. The second-order valence-electron chi connectivity index (χ2n) is 5.06. The van der Waals surface area contributed by atoms with Crippen LogP contribution in [0.15, 0.2) is 24.3 Å². The molecule has 0 saturated carbocycles. The number of ketones is 1. The highest BCUT2D eigenvalue weighted by molar-refractivity contribution is 8.76. The molecule has 0 aliphatic heterocycles. The minimum absolute atomic E-state index is 0.0352. The summed E-state index contributed by atoms with van der Waals surface area (Å²) in [4.78, 5) is 44.8. The zero-order chi connectivity index (χ0) is 19.0. The van der Waals surface area contributed by atoms with Crippen LogP contribution in [0.25, 0.3) is 0 Å². The van der Waals surface area contributed by atoms with Crippen LogP contribution in [0.5, 0.6) is 0 Å². The number of hydrogen-bond donors (Lipinski definition) is 4. The van der Waals surface area contributed by atoms with Crippen LogP contribution in [0, 0.1) is 5.92 Å². The van der Waals surface area contributed by atoms with E-state index < -0.39 is 35.7 Å². The molecule has 0 heterocycles. The first-order valence-corrected chi connectivity index (χ1v) is 9.53. The number of rotatable bonds is 11. The number of carbonyl (C=O) groups excluding carboxylic acids is 1. The lowest BCUT2D eigenvalue weighted by molar-refractivity contribution is -0.141. The molecule has 25 heavy (non-hydrogen) atoms. The molecule has 0 aromatic heterocycles. The number of benzene rings is 1. The number of hydrogen-bond acceptors (Lipinski definition) is 7. The van der Waals surface area contributed by atoms with Gasteiger partial charge in [0.1, 0.15) is 6.04 Å². The Morgan fingerprint density at radius 3 is 1.88 bits per heavy atom. The summed E-state index contributed by atoms with van der Waals surface area (Å²) in [6.07, 6.45) is -0.236. The van der Waals surface area contributed by atoms with Crippen molar-refractivity contribution < 1.29 is 34.5 Å². The summed E-state index contributed by atoms with van der Waals surface area (Å²) >= 11 is 0. The Morgan fingerprint density at radius 2 is 1.40 bits per heavy atom. The van der Waals surface area contributed by atoms with E-state index in [2.05, 4.69) is 0 Å². The summed E-state index contributed by atoms with van der Waals surface area (Å²) in [7, 11) is 2.28. The molecule has 0 fully saturated rings. The second kappa shape index (κ2) is 10.1. The van der Waals surface area contributed by atoms with E-state index in [1.165, 1.54) is 24.3 Å². The first-order chi connectivity index (χ1) is 11.7. The van der Waals surface area contributed by atoms with Crippen molar-refractivity contribution in [3.05, 3.63) is 35.4 Å². The van der Waals surface area contributed by atoms with Crippen molar-refractivity contribution in [2.75, 3.05) is 11.5 Å². The van der Waals surface area contributed by atoms with Crippen molar-refractivity contribution in [1.82, 2.24) is 0 Å². The molecule has 0 radical (unpaired) electrons. The molecule has 0 bridgehead atoms. The lowest BCUT2D eigenvalue weighted by Gasteiger charge is -2.12. The summed E-state index contributed by atoms with van der Waals surface area (Å²) in [5.41, 5.74) is 5.61. The number of aromatic carboxylic acids is 1. The molecule has 1 aromatic carbocycles. The average Bonchev–Trinajstić information content (AvgIpc) is 2.56. The predicted octanol–water partition coefficient (Wildman–Crippen LogP) is 1.45. The van der Waals surface area contributed by atoms with Gasteiger partial charge in [-0.25, -0.2) is 4.79 Å². The van der Waals surface area contributed by atoms with Crippen molar-refractivity contribution >= 4 is 45.3 Å². The van der Waals surface area contributed by atoms with Gasteiger partial charge in [0, 0.05) is 23.5 Å². The highest BCUT2D eigenvalue weighted by Gasteiger charge is 2.23. The highest BCUT2D eigenvalue weighted by Crippen LogP contribution is 2.26. The van der Waals surface area contributed by atoms with Crippen LogP contribution in [-0.4, -0.2) is 56.6 Å². The topological polar surface area (TPSA) is 155 Å². The molecule has 0 spiro atoms. The number of Topliss-reactive ketones (excluding diaryl/α,β-unsaturated/α-hetero) is 1. The molecule has 2 atom stereocenters. The number of carbonyl (C=O) groups is 4. The van der Waals surface area contributed by atoms with E-state index in [1.807, 2.05) is 0 Å². The molecule has 0 saturated heterocycles. The van der Waals surface area contributed by atoms with Crippen LogP contribution < -0.4 is 5.73 Å². The molecule has 8 nitrogen and oxygen atoms in total. The van der Waals surface area contributed by atoms with Gasteiger partial charge < -0.3 is 21.1 Å². The summed E-state index contributed by atoms with van der Waals surface area (Å²) in [6, 6.07) is 4.22. The van der Waals surface area contributed by atoms with Gasteiger partial charge in [0.2, 0.25) is 0 Å². The molecular formula is C15H17NO7S2. The zero-order valence-electron chi connectivity index (χ0n) is 13.0. The molecule has 0 aliphatic rings. The van der Waals surface area contributed by atoms with E-state index in [0.29, 0.717) is 0 Å². The Balaban J connectivity index is 2.56. The van der Waals surface area contributed by atoms with E-state index in [4.69, 9.17) is 15.9 Å². The maximum absolute atomic E-state index is 12.1. The van der Waals surface area contributed by atoms with Crippen molar-refractivity contribution in [2.24, 2.45) is 11.7 Å². The van der Waals surface area contributed by atoms with Crippen LogP contribution in [0.3, 0.4) is 0 Å². The first kappa shape index (κ1) is 21.0. The summed E-state index contributed by atoms with van der Waals surface area (Å²) in [6.45, 7) is 0. The Morgan fingerprint density at radius 1 is 0.880 bits per heavy atom. The van der Waals surface area contributed by atoms with Crippen LogP contribution in [0.4, 0.5) is 0 Å². The van der Waals surface area contributed by atoms with Gasteiger partial charge in [0.25, 0.3) is 0 Å². The van der Waals surface area contributed by atoms with Gasteiger partial charge in [-0.15, -0.1) is 0 Å². The summed E-state index contributed by atoms with van der Waals surface area (Å²) < 4.78 is 0. The largest absolute Gasteiger partial charge is 0.481 e. The highest BCUT2D eigenvalue weighted by atomic mass is 33.1. The van der Waals surface area contributed by atoms with Crippen molar-refractivity contribution in [2.45, 2.75) is 12.5 Å². The van der Waals surface area contributed by atoms with Crippen molar-refractivity contribution in [3.8, 4) is 0 Å². The van der Waals surface area contributed by atoms with Gasteiger partial charge in [-0.2, -0.15) is 0 Å². The second-order valence-corrected chi connectivity index (χ2v) is 7.61. The Hall–Kier alpha value is -2.04. The predicted molar refractivity (Wildman–Crippen MR) is 94.0 cm³/mol. The van der Waals surface area contributed by atoms with E-state index in [0.717, 1.165) is 21.6 Å². The molecular weight excluding hydrogens is 370 g/mol. The Bertz CT molecular complexity index is 648. The van der Waals surface area contributed by atoms with E-state index in [-0.39, 0.29) is 29.1 Å². The standard InChI is InChI=1S/C15H17NO7S2/c16-11(15(22)23)7-25-24-6-10(14(20)21)5-12(17)8-1-3-9(4-2-8)13(18)19/h1-4,10-11H,5-7,16H2,(H,18,19)(H,20,21)(H,22,23)/t10?,11-/m0/s1. The maximum atomic E-state index is 12.1. The van der Waals surface area contributed by atoms with Crippen LogP contribution in [-0.2, 0) is 9.59 Å². The average molecular weight is 387 g/mol. The van der Waals surface area contributed by atoms with E-state index >= 15 is 0 Å². The fourth-order valence-electron chi connectivity index (χ4n) is 1.68. The molecule has 10 heteroatoms. The quantitative estimate of drug-likeness (QED) is 0.249. The molecule has 1 unspecified atom stereocenters. The van der Waals surface area contributed by atoms with Gasteiger partial charge in [0.15, 0.2) is 5.78 Å². The molecule has 1 aromatic rings. The van der Waals surface area contributed by atoms with Crippen LogP contribution in [0.1, 0.15) is 27.1 Å². The maximum Gasteiger partial charge on any atom is 0.335 e. The molecule has 0 amide bonds. The fourth-order valence-corrected chi connectivity index (χ4v) is 4.10. The summed E-state index contributed by atoms with van der Waals surface area (Å²) in [5.74, 6) is -4.49. The third-order valence-corrected chi connectivity index (χ3v) is 5.67. The minimum atomic E-state index is -1.14. The molecule has 1 rings (SSSR count). The van der Waals surface area contributed by atoms with E-state index in [1.54, 1.807) is 0 Å². The number of carboxylic acids is 3. The zero-order valence-corrected chi connectivity index (χ0v) is 14.6. The van der Waals surface area contributed by atoms with E-state index in [9.17, 15) is 24.3 Å². The van der Waals surface area contributed by atoms with Crippen LogP contribution in [0.2, 0.25) is 0 Å². The van der Waals surface area contributed by atoms with Gasteiger partial charge >= 0.3 is 17.9 Å². The van der Waals surface area contributed by atoms with Crippen LogP contribution >= 0.6 is 21.6 Å². The number of aliphatic carboxylic acids is 2. The first-order valence-electron chi connectivity index (χ1n) is 7.04. The number of carboxylic acid groups (broad SMARTS) is 3. The molecule has 5 N–H and O–H groups in total. The SMILES string of the molecule is N[C@@H](CSSCC(CC(=O)c1ccc(C(=O)O)cc1)C(=O)O)C(=O)O. The third-order valence-electron chi connectivity index (χ3n) is 3.15. The lowest BCUT2D eigenvalue weighted by Crippen LogP contribution is -2.32.